The molecule has 0 radical (unpaired) electrons. The summed E-state index contributed by atoms with van der Waals surface area (Å²) in [5.41, 5.74) is 2.23. The number of amides is 2. The maximum atomic E-state index is 12.9. The van der Waals surface area contributed by atoms with Gasteiger partial charge in [-0.15, -0.1) is 5.10 Å². The molecule has 2 aromatic heterocycles. The highest BCUT2D eigenvalue weighted by Gasteiger charge is 2.42. The molecule has 2 aliphatic heterocycles. The molecule has 0 bridgehead atoms. The van der Waals surface area contributed by atoms with E-state index in [0.717, 1.165) is 29.9 Å². The Balaban J connectivity index is 1.42. The van der Waals surface area contributed by atoms with Crippen molar-refractivity contribution in [3.63, 3.8) is 0 Å². The lowest BCUT2D eigenvalue weighted by Gasteiger charge is -2.44. The molecular weight excluding hydrogens is 398 g/mol. The average Bonchev–Trinajstić information content (AvgIpc) is 3.13. The number of carbonyl (C=O) groups is 2. The van der Waals surface area contributed by atoms with E-state index in [9.17, 15) is 9.59 Å². The molecule has 1 atom stereocenters. The van der Waals surface area contributed by atoms with Crippen molar-refractivity contribution in [2.75, 3.05) is 13.1 Å². The second-order valence-electron chi connectivity index (χ2n) is 8.86. The van der Waals surface area contributed by atoms with Gasteiger partial charge in [-0.1, -0.05) is 19.1 Å². The zero-order valence-electron chi connectivity index (χ0n) is 18.3. The summed E-state index contributed by atoms with van der Waals surface area (Å²) in [6, 6.07) is 0. The number of hydrogen-bond donors (Lipinski definition) is 1. The first-order valence-corrected chi connectivity index (χ1v) is 10.7. The van der Waals surface area contributed by atoms with Crippen LogP contribution < -0.4 is 5.32 Å². The highest BCUT2D eigenvalue weighted by Crippen LogP contribution is 2.32. The second-order valence-corrected chi connectivity index (χ2v) is 8.86. The van der Waals surface area contributed by atoms with Crippen LogP contribution >= 0.6 is 0 Å². The first-order valence-electron chi connectivity index (χ1n) is 10.7. The minimum atomic E-state index is -0.495. The van der Waals surface area contributed by atoms with Crippen molar-refractivity contribution in [3.05, 3.63) is 35.2 Å². The number of nitrogens with one attached hydrogen (secondary N) is 1. The van der Waals surface area contributed by atoms with Crippen LogP contribution in [0.25, 0.3) is 0 Å². The molecule has 0 aliphatic carbocycles. The highest BCUT2D eigenvalue weighted by atomic mass is 16.5. The van der Waals surface area contributed by atoms with Gasteiger partial charge in [0, 0.05) is 19.2 Å². The van der Waals surface area contributed by atoms with E-state index in [0.29, 0.717) is 50.8 Å². The minimum absolute atomic E-state index is 0.00517. The Hall–Kier alpha value is -2.88. The van der Waals surface area contributed by atoms with E-state index in [2.05, 4.69) is 25.6 Å². The third kappa shape index (κ3) is 4.73. The third-order valence-electron chi connectivity index (χ3n) is 5.74. The molecule has 10 nitrogen and oxygen atoms in total. The first kappa shape index (κ1) is 21.4. The lowest BCUT2D eigenvalue weighted by molar-refractivity contribution is -0.123. The number of aromatic nitrogens is 5. The van der Waals surface area contributed by atoms with Crippen LogP contribution in [-0.4, -0.2) is 60.4 Å². The van der Waals surface area contributed by atoms with Crippen LogP contribution in [0, 0.1) is 12.8 Å². The van der Waals surface area contributed by atoms with Crippen LogP contribution in [0.5, 0.6) is 0 Å². The lowest BCUT2D eigenvalue weighted by Crippen LogP contribution is -2.55. The van der Waals surface area contributed by atoms with E-state index < -0.39 is 5.60 Å². The summed E-state index contributed by atoms with van der Waals surface area (Å²) in [6.07, 6.45) is 5.30. The smallest absolute Gasteiger partial charge is 0.274 e. The highest BCUT2D eigenvalue weighted by molar-refractivity contribution is 5.92. The van der Waals surface area contributed by atoms with Crippen molar-refractivity contribution in [2.45, 2.75) is 65.3 Å². The van der Waals surface area contributed by atoms with Crippen LogP contribution in [-0.2, 0) is 29.2 Å². The Morgan fingerprint density at radius 1 is 1.26 bits per heavy atom. The predicted molar refractivity (Wildman–Crippen MR) is 111 cm³/mol. The quantitative estimate of drug-likeness (QED) is 0.763. The van der Waals surface area contributed by atoms with Gasteiger partial charge in [-0.25, -0.2) is 9.67 Å². The lowest BCUT2D eigenvalue weighted by atomic mass is 9.91. The molecule has 0 saturated carbocycles. The molecule has 4 heterocycles. The van der Waals surface area contributed by atoms with Crippen LogP contribution in [0.1, 0.15) is 60.7 Å². The van der Waals surface area contributed by atoms with E-state index in [4.69, 9.17) is 4.74 Å². The maximum absolute atomic E-state index is 12.9. The number of rotatable bonds is 5. The molecule has 1 saturated heterocycles. The minimum Gasteiger partial charge on any atom is -0.365 e. The summed E-state index contributed by atoms with van der Waals surface area (Å²) >= 11 is 0. The number of nitrogens with zero attached hydrogens (tertiary/aromatic N) is 6. The topological polar surface area (TPSA) is 115 Å². The molecule has 31 heavy (non-hydrogen) atoms. The molecule has 10 heteroatoms. The second kappa shape index (κ2) is 8.70. The van der Waals surface area contributed by atoms with Gasteiger partial charge in [-0.05, 0) is 25.7 Å². The molecule has 1 N–H and O–H groups in total. The summed E-state index contributed by atoms with van der Waals surface area (Å²) in [6.45, 7) is 8.22. The monoisotopic (exact) mass is 427 g/mol. The fourth-order valence-electron chi connectivity index (χ4n) is 4.14. The molecule has 1 spiro atoms. The van der Waals surface area contributed by atoms with Gasteiger partial charge in [0.2, 0.25) is 5.91 Å². The SMILES string of the molecule is Cc1cnc(C(=O)N2CCCC3(C2)Cn2nnc(CNC(=O)CC(C)C)c2CO3)cn1. The summed E-state index contributed by atoms with van der Waals surface area (Å²) in [5.74, 6) is 0.179. The number of aryl methyl sites for hydroxylation is 1. The van der Waals surface area contributed by atoms with Gasteiger partial charge < -0.3 is 15.0 Å². The Morgan fingerprint density at radius 3 is 2.84 bits per heavy atom. The number of likely N-dealkylation sites (tertiary alicyclic amines) is 1. The Kier molecular flexibility index (Phi) is 5.99. The van der Waals surface area contributed by atoms with E-state index in [-0.39, 0.29) is 11.8 Å². The largest absolute Gasteiger partial charge is 0.365 e. The summed E-state index contributed by atoms with van der Waals surface area (Å²) in [7, 11) is 0. The standard InChI is InChI=1S/C21H29N7O3/c1-14(2)7-19(29)24-9-16-18-11-31-21(13-28(18)26-25-16)5-4-6-27(12-21)20(30)17-10-22-15(3)8-23-17/h8,10,14H,4-7,9,11-13H2,1-3H3,(H,24,29). The molecule has 2 aliphatic rings. The maximum Gasteiger partial charge on any atom is 0.274 e. The van der Waals surface area contributed by atoms with Gasteiger partial charge >= 0.3 is 0 Å². The molecule has 166 valence electrons. The molecular formula is C21H29N7O3. The first-order chi connectivity index (χ1) is 14.8. The van der Waals surface area contributed by atoms with Crippen LogP contribution in [0.2, 0.25) is 0 Å². The fraction of sp³-hybridized carbons (Fsp3) is 0.619. The van der Waals surface area contributed by atoms with Gasteiger partial charge in [0.25, 0.3) is 5.91 Å². The van der Waals surface area contributed by atoms with Crippen LogP contribution in [0.3, 0.4) is 0 Å². The van der Waals surface area contributed by atoms with Gasteiger partial charge in [-0.2, -0.15) is 0 Å². The average molecular weight is 428 g/mol. The van der Waals surface area contributed by atoms with Gasteiger partial charge in [0.05, 0.1) is 43.8 Å². The number of hydrogen-bond acceptors (Lipinski definition) is 7. The molecule has 1 fully saturated rings. The van der Waals surface area contributed by atoms with Crippen molar-refractivity contribution >= 4 is 11.8 Å². The molecule has 2 amide bonds. The fourth-order valence-corrected chi connectivity index (χ4v) is 4.14. The predicted octanol–water partition coefficient (Wildman–Crippen LogP) is 1.24. The third-order valence-corrected chi connectivity index (χ3v) is 5.74. The number of fused-ring (bicyclic) bond motifs is 1. The Morgan fingerprint density at radius 2 is 2.10 bits per heavy atom. The van der Waals surface area contributed by atoms with Crippen molar-refractivity contribution in [1.82, 2.24) is 35.2 Å². The van der Waals surface area contributed by atoms with E-state index in [1.165, 1.54) is 6.20 Å². The molecule has 0 aromatic carbocycles. The normalized spacial score (nSPS) is 20.7. The van der Waals surface area contributed by atoms with Gasteiger partial charge in [-0.3, -0.25) is 14.6 Å². The van der Waals surface area contributed by atoms with Crippen molar-refractivity contribution in [2.24, 2.45) is 5.92 Å². The van der Waals surface area contributed by atoms with Gasteiger partial charge in [0.1, 0.15) is 17.0 Å². The van der Waals surface area contributed by atoms with Crippen molar-refractivity contribution < 1.29 is 14.3 Å². The molecule has 4 rings (SSSR count). The zero-order chi connectivity index (χ0) is 22.0. The van der Waals surface area contributed by atoms with Gasteiger partial charge in [0.15, 0.2) is 0 Å². The summed E-state index contributed by atoms with van der Waals surface area (Å²) in [4.78, 5) is 35.1. The number of carbonyl (C=O) groups excluding carboxylic acids is 2. The molecule has 2 aromatic rings. The van der Waals surface area contributed by atoms with E-state index in [1.807, 2.05) is 25.5 Å². The van der Waals surface area contributed by atoms with E-state index >= 15 is 0 Å². The number of ether oxygens (including phenoxy) is 1. The van der Waals surface area contributed by atoms with E-state index in [1.54, 1.807) is 11.1 Å². The summed E-state index contributed by atoms with van der Waals surface area (Å²) in [5, 5.41) is 11.5. The van der Waals surface area contributed by atoms with Crippen molar-refractivity contribution in [3.8, 4) is 0 Å². The van der Waals surface area contributed by atoms with Crippen LogP contribution in [0.4, 0.5) is 0 Å². The van der Waals surface area contributed by atoms with Crippen LogP contribution in [0.15, 0.2) is 12.4 Å². The Labute approximate surface area is 181 Å². The molecule has 1 unspecified atom stereocenters. The number of piperidine rings is 1. The van der Waals surface area contributed by atoms with Crippen molar-refractivity contribution in [1.29, 1.82) is 0 Å². The summed E-state index contributed by atoms with van der Waals surface area (Å²) < 4.78 is 8.15. The Bertz CT molecular complexity index is 956. The zero-order valence-corrected chi connectivity index (χ0v) is 18.3.